The van der Waals surface area contributed by atoms with Gasteiger partial charge in [0, 0.05) is 0 Å². The van der Waals surface area contributed by atoms with E-state index in [-0.39, 0.29) is 0 Å². The second-order valence-corrected chi connectivity index (χ2v) is 3.60. The Morgan fingerprint density at radius 1 is 1.20 bits per heavy atom. The lowest BCUT2D eigenvalue weighted by Crippen LogP contribution is -1.95. The fourth-order valence-corrected chi connectivity index (χ4v) is 1.02. The maximum atomic E-state index is 3.73. The van der Waals surface area contributed by atoms with Crippen molar-refractivity contribution < 1.29 is 0 Å². The lowest BCUT2D eigenvalue weighted by molar-refractivity contribution is 0.454. The zero-order valence-electron chi connectivity index (χ0n) is 7.56. The Labute approximate surface area is 65.3 Å². The van der Waals surface area contributed by atoms with Gasteiger partial charge in [0.1, 0.15) is 0 Å². The average molecular weight is 140 g/mol. The first kappa shape index (κ1) is 9.74. The zero-order chi connectivity index (χ0) is 7.98. The van der Waals surface area contributed by atoms with Crippen molar-refractivity contribution in [2.45, 2.75) is 40.0 Å². The van der Waals surface area contributed by atoms with Gasteiger partial charge >= 0.3 is 0 Å². The topological polar surface area (TPSA) is 0 Å². The Balaban J connectivity index is 3.20. The fourth-order valence-electron chi connectivity index (χ4n) is 1.02. The molecule has 0 radical (unpaired) electrons. The molecule has 10 heavy (non-hydrogen) atoms. The van der Waals surface area contributed by atoms with E-state index in [2.05, 4.69) is 27.4 Å². The van der Waals surface area contributed by atoms with Gasteiger partial charge in [-0.25, -0.2) is 0 Å². The van der Waals surface area contributed by atoms with E-state index < -0.39 is 0 Å². The standard InChI is InChI=1S/C10H20/c1-5-6-10(4)8-7-9(2)3/h5,9-10H,1,6-8H2,2-4H3. The molecule has 0 spiro atoms. The number of rotatable bonds is 5. The first-order chi connectivity index (χ1) is 4.66. The van der Waals surface area contributed by atoms with Gasteiger partial charge in [0.25, 0.3) is 0 Å². The van der Waals surface area contributed by atoms with Gasteiger partial charge in [0.2, 0.25) is 0 Å². The first-order valence-electron chi connectivity index (χ1n) is 4.27. The molecule has 0 bridgehead atoms. The van der Waals surface area contributed by atoms with Crippen LogP contribution in [0.4, 0.5) is 0 Å². The second kappa shape index (κ2) is 5.52. The number of hydrogen-bond acceptors (Lipinski definition) is 0. The lowest BCUT2D eigenvalue weighted by Gasteiger charge is -2.09. The van der Waals surface area contributed by atoms with Gasteiger partial charge < -0.3 is 0 Å². The molecule has 0 rings (SSSR count). The van der Waals surface area contributed by atoms with E-state index in [4.69, 9.17) is 0 Å². The van der Waals surface area contributed by atoms with Gasteiger partial charge in [-0.15, -0.1) is 6.58 Å². The van der Waals surface area contributed by atoms with E-state index >= 15 is 0 Å². The van der Waals surface area contributed by atoms with Gasteiger partial charge in [-0.05, 0) is 18.3 Å². The monoisotopic (exact) mass is 140 g/mol. The highest BCUT2D eigenvalue weighted by Gasteiger charge is 2.00. The van der Waals surface area contributed by atoms with Crippen molar-refractivity contribution in [3.63, 3.8) is 0 Å². The summed E-state index contributed by atoms with van der Waals surface area (Å²) in [6.45, 7) is 10.6. The molecule has 1 unspecified atom stereocenters. The Morgan fingerprint density at radius 3 is 2.20 bits per heavy atom. The molecule has 0 fully saturated rings. The molecule has 1 atom stereocenters. The molecule has 0 aliphatic carbocycles. The van der Waals surface area contributed by atoms with E-state index in [1.54, 1.807) is 0 Å². The van der Waals surface area contributed by atoms with Gasteiger partial charge in [-0.1, -0.05) is 39.7 Å². The molecule has 0 N–H and O–H groups in total. The van der Waals surface area contributed by atoms with Gasteiger partial charge in [-0.3, -0.25) is 0 Å². The molecular formula is C10H20. The Morgan fingerprint density at radius 2 is 1.80 bits per heavy atom. The third-order valence-electron chi connectivity index (χ3n) is 1.81. The van der Waals surface area contributed by atoms with E-state index in [1.807, 2.05) is 6.08 Å². The highest BCUT2D eigenvalue weighted by Crippen LogP contribution is 2.14. The molecule has 0 heteroatoms. The van der Waals surface area contributed by atoms with Crippen LogP contribution in [0.15, 0.2) is 12.7 Å². The summed E-state index contributed by atoms with van der Waals surface area (Å²) in [5, 5.41) is 0. The molecule has 0 aromatic carbocycles. The maximum absolute atomic E-state index is 3.73. The molecule has 0 aliphatic rings. The summed E-state index contributed by atoms with van der Waals surface area (Å²) in [5.74, 6) is 1.69. The largest absolute Gasteiger partial charge is 0.103 e. The van der Waals surface area contributed by atoms with E-state index in [9.17, 15) is 0 Å². The highest BCUT2D eigenvalue weighted by molar-refractivity contribution is 4.70. The minimum absolute atomic E-state index is 0.833. The SMILES string of the molecule is C=CCC(C)CCC(C)C. The minimum Gasteiger partial charge on any atom is -0.103 e. The van der Waals surface area contributed by atoms with Crippen molar-refractivity contribution in [1.29, 1.82) is 0 Å². The quantitative estimate of drug-likeness (QED) is 0.511. The Bertz CT molecular complexity index is 82.0. The second-order valence-electron chi connectivity index (χ2n) is 3.60. The third kappa shape index (κ3) is 5.87. The predicted molar refractivity (Wildman–Crippen MR) is 48.1 cm³/mol. The van der Waals surface area contributed by atoms with E-state index in [0.717, 1.165) is 11.8 Å². The van der Waals surface area contributed by atoms with Crippen molar-refractivity contribution in [1.82, 2.24) is 0 Å². The Hall–Kier alpha value is -0.260. The zero-order valence-corrected chi connectivity index (χ0v) is 7.56. The normalized spacial score (nSPS) is 13.6. The van der Waals surface area contributed by atoms with Crippen molar-refractivity contribution >= 4 is 0 Å². The van der Waals surface area contributed by atoms with Crippen molar-refractivity contribution in [3.8, 4) is 0 Å². The molecule has 60 valence electrons. The van der Waals surface area contributed by atoms with Gasteiger partial charge in [0.05, 0.1) is 0 Å². The number of hydrogen-bond donors (Lipinski definition) is 0. The summed E-state index contributed by atoms with van der Waals surface area (Å²) >= 11 is 0. The van der Waals surface area contributed by atoms with E-state index in [0.29, 0.717) is 0 Å². The van der Waals surface area contributed by atoms with Crippen LogP contribution in [0.2, 0.25) is 0 Å². The van der Waals surface area contributed by atoms with Gasteiger partial charge in [0.15, 0.2) is 0 Å². The van der Waals surface area contributed by atoms with Crippen molar-refractivity contribution in [2.75, 3.05) is 0 Å². The molecule has 0 amide bonds. The molecule has 0 saturated heterocycles. The molecule has 0 nitrogen and oxygen atoms in total. The summed E-state index contributed by atoms with van der Waals surface area (Å²) in [6, 6.07) is 0. The van der Waals surface area contributed by atoms with Gasteiger partial charge in [-0.2, -0.15) is 0 Å². The highest BCUT2D eigenvalue weighted by atomic mass is 14.1. The number of allylic oxidation sites excluding steroid dienone is 1. The van der Waals surface area contributed by atoms with Crippen molar-refractivity contribution in [3.05, 3.63) is 12.7 Å². The van der Waals surface area contributed by atoms with Crippen LogP contribution in [-0.2, 0) is 0 Å². The summed E-state index contributed by atoms with van der Waals surface area (Å²) in [6.07, 6.45) is 5.90. The van der Waals surface area contributed by atoms with Crippen LogP contribution < -0.4 is 0 Å². The summed E-state index contributed by atoms with van der Waals surface area (Å²) in [7, 11) is 0. The molecule has 0 heterocycles. The average Bonchev–Trinajstić information content (AvgIpc) is 1.85. The summed E-state index contributed by atoms with van der Waals surface area (Å²) < 4.78 is 0. The Kier molecular flexibility index (Phi) is 5.38. The van der Waals surface area contributed by atoms with E-state index in [1.165, 1.54) is 19.3 Å². The first-order valence-corrected chi connectivity index (χ1v) is 4.27. The summed E-state index contributed by atoms with van der Waals surface area (Å²) in [4.78, 5) is 0. The van der Waals surface area contributed by atoms with Crippen LogP contribution in [0.3, 0.4) is 0 Å². The molecule has 0 aromatic rings. The van der Waals surface area contributed by atoms with Crippen molar-refractivity contribution in [2.24, 2.45) is 11.8 Å². The molecular weight excluding hydrogens is 120 g/mol. The molecule has 0 aromatic heterocycles. The predicted octanol–water partition coefficient (Wildman–Crippen LogP) is 3.63. The fraction of sp³-hybridized carbons (Fsp3) is 0.800. The third-order valence-corrected chi connectivity index (χ3v) is 1.81. The minimum atomic E-state index is 0.833. The molecule has 0 saturated carbocycles. The van der Waals surface area contributed by atoms with Crippen LogP contribution in [0, 0.1) is 11.8 Å². The van der Waals surface area contributed by atoms with Crippen LogP contribution in [0.25, 0.3) is 0 Å². The summed E-state index contributed by atoms with van der Waals surface area (Å²) in [5.41, 5.74) is 0. The van der Waals surface area contributed by atoms with Crippen LogP contribution >= 0.6 is 0 Å². The van der Waals surface area contributed by atoms with Crippen LogP contribution in [0.1, 0.15) is 40.0 Å². The van der Waals surface area contributed by atoms with Crippen LogP contribution in [-0.4, -0.2) is 0 Å². The maximum Gasteiger partial charge on any atom is -0.0328 e. The smallest absolute Gasteiger partial charge is 0.0328 e. The lowest BCUT2D eigenvalue weighted by atomic mass is 9.97. The molecule has 0 aliphatic heterocycles. The van der Waals surface area contributed by atoms with Crippen LogP contribution in [0.5, 0.6) is 0 Å².